The van der Waals surface area contributed by atoms with Crippen LogP contribution in [0.25, 0.3) is 11.5 Å². The van der Waals surface area contributed by atoms with Gasteiger partial charge in [-0.3, -0.25) is 9.88 Å². The van der Waals surface area contributed by atoms with Gasteiger partial charge in [0, 0.05) is 37.4 Å². The first kappa shape index (κ1) is 17.7. The molecule has 142 valence electrons. The molecule has 0 amide bonds. The number of nitrogens with zero attached hydrogens (tertiary/aromatic N) is 7. The van der Waals surface area contributed by atoms with Crippen LogP contribution in [0, 0.1) is 0 Å². The van der Waals surface area contributed by atoms with Crippen molar-refractivity contribution in [1.29, 1.82) is 0 Å². The molecule has 1 saturated heterocycles. The Labute approximate surface area is 154 Å². The summed E-state index contributed by atoms with van der Waals surface area (Å²) in [6, 6.07) is 4.02. The highest BCUT2D eigenvalue weighted by atomic mass is 19.3. The smallest absolute Gasteiger partial charge is 0.314 e. The predicted octanol–water partition coefficient (Wildman–Crippen LogP) is 2.52. The maximum atomic E-state index is 12.5. The summed E-state index contributed by atoms with van der Waals surface area (Å²) in [4.78, 5) is 6.71. The Balaban J connectivity index is 1.39. The lowest BCUT2D eigenvalue weighted by Crippen LogP contribution is -2.48. The van der Waals surface area contributed by atoms with Crippen LogP contribution in [0.3, 0.4) is 0 Å². The normalized spacial score (nSPS) is 15.6. The fourth-order valence-corrected chi connectivity index (χ4v) is 2.95. The van der Waals surface area contributed by atoms with E-state index in [4.69, 9.17) is 4.42 Å². The van der Waals surface area contributed by atoms with Crippen molar-refractivity contribution in [3.63, 3.8) is 0 Å². The van der Waals surface area contributed by atoms with Gasteiger partial charge in [0.1, 0.15) is 0 Å². The minimum Gasteiger partial charge on any atom is -0.415 e. The topological polar surface area (TPSA) is 85.8 Å². The number of likely N-dealkylation sites (tertiary alicyclic amines) is 1. The van der Waals surface area contributed by atoms with E-state index in [2.05, 4.69) is 44.2 Å². The summed E-state index contributed by atoms with van der Waals surface area (Å²) in [5.41, 5.74) is 2.25. The van der Waals surface area contributed by atoms with Gasteiger partial charge in [-0.05, 0) is 26.0 Å². The SMILES string of the molecule is CC(C)N1CC(c2cn(Cc3ccc(-c4nnc(C(F)F)o4)cn3)nn2)C1. The van der Waals surface area contributed by atoms with Crippen LogP contribution >= 0.6 is 0 Å². The molecule has 8 nitrogen and oxygen atoms in total. The van der Waals surface area contributed by atoms with E-state index >= 15 is 0 Å². The number of hydrogen-bond acceptors (Lipinski definition) is 7. The molecule has 1 aliphatic rings. The summed E-state index contributed by atoms with van der Waals surface area (Å²) in [5, 5.41) is 15.4. The molecular formula is C17H19F2N7O. The van der Waals surface area contributed by atoms with Crippen molar-refractivity contribution in [2.75, 3.05) is 13.1 Å². The lowest BCUT2D eigenvalue weighted by Gasteiger charge is -2.41. The third-order valence-electron chi connectivity index (χ3n) is 4.64. The number of rotatable bonds is 6. The van der Waals surface area contributed by atoms with Gasteiger partial charge in [0.15, 0.2) is 0 Å². The van der Waals surface area contributed by atoms with Crippen molar-refractivity contribution in [1.82, 2.24) is 35.1 Å². The van der Waals surface area contributed by atoms with E-state index in [1.54, 1.807) is 16.8 Å². The second-order valence-corrected chi connectivity index (χ2v) is 6.87. The molecule has 0 bridgehead atoms. The van der Waals surface area contributed by atoms with Crippen molar-refractivity contribution < 1.29 is 13.2 Å². The molecule has 3 aromatic rings. The van der Waals surface area contributed by atoms with Crippen LogP contribution in [-0.4, -0.2) is 54.2 Å². The van der Waals surface area contributed by atoms with Crippen molar-refractivity contribution in [3.8, 4) is 11.5 Å². The van der Waals surface area contributed by atoms with Crippen molar-refractivity contribution in [2.24, 2.45) is 0 Å². The zero-order valence-corrected chi connectivity index (χ0v) is 15.0. The third-order valence-corrected chi connectivity index (χ3v) is 4.64. The molecule has 27 heavy (non-hydrogen) atoms. The van der Waals surface area contributed by atoms with Crippen LogP contribution in [0.5, 0.6) is 0 Å². The molecular weight excluding hydrogens is 356 g/mol. The lowest BCUT2D eigenvalue weighted by molar-refractivity contribution is 0.108. The molecule has 0 spiro atoms. The minimum absolute atomic E-state index is 0.0204. The molecule has 3 aromatic heterocycles. The highest BCUT2D eigenvalue weighted by molar-refractivity contribution is 5.50. The molecule has 4 rings (SSSR count). The predicted molar refractivity (Wildman–Crippen MR) is 91.1 cm³/mol. The first-order valence-corrected chi connectivity index (χ1v) is 8.70. The Kier molecular flexibility index (Phi) is 4.65. The van der Waals surface area contributed by atoms with E-state index in [0.29, 0.717) is 24.1 Å². The Bertz CT molecular complexity index is 900. The summed E-state index contributed by atoms with van der Waals surface area (Å²) in [7, 11) is 0. The van der Waals surface area contributed by atoms with Crippen molar-refractivity contribution in [3.05, 3.63) is 41.8 Å². The van der Waals surface area contributed by atoms with Gasteiger partial charge in [-0.2, -0.15) is 8.78 Å². The van der Waals surface area contributed by atoms with Crippen LogP contribution in [0.4, 0.5) is 8.78 Å². The maximum Gasteiger partial charge on any atom is 0.314 e. The molecule has 4 heterocycles. The number of pyridine rings is 1. The van der Waals surface area contributed by atoms with Gasteiger partial charge < -0.3 is 4.42 Å². The number of alkyl halides is 2. The second-order valence-electron chi connectivity index (χ2n) is 6.87. The molecule has 0 aromatic carbocycles. The van der Waals surface area contributed by atoms with E-state index in [-0.39, 0.29) is 5.89 Å². The van der Waals surface area contributed by atoms with Gasteiger partial charge in [-0.1, -0.05) is 5.21 Å². The van der Waals surface area contributed by atoms with Gasteiger partial charge in [0.2, 0.25) is 5.89 Å². The lowest BCUT2D eigenvalue weighted by atomic mass is 9.95. The molecule has 1 fully saturated rings. The number of halogens is 2. The Morgan fingerprint density at radius 2 is 2.00 bits per heavy atom. The number of hydrogen-bond donors (Lipinski definition) is 0. The molecule has 10 heteroatoms. The quantitative estimate of drug-likeness (QED) is 0.654. The molecule has 0 aliphatic carbocycles. The Morgan fingerprint density at radius 1 is 1.19 bits per heavy atom. The summed E-state index contributed by atoms with van der Waals surface area (Å²) in [5.74, 6) is -0.249. The molecule has 0 saturated carbocycles. The zero-order valence-electron chi connectivity index (χ0n) is 15.0. The highest BCUT2D eigenvalue weighted by Gasteiger charge is 2.31. The van der Waals surface area contributed by atoms with Crippen LogP contribution < -0.4 is 0 Å². The standard InChI is InChI=1S/C17H19F2N7O/c1-10(2)25-6-12(7-25)14-9-26(24-21-14)8-13-4-3-11(5-20-13)16-22-23-17(27-16)15(18)19/h3-5,9-10,12,15H,6-8H2,1-2H3. The van der Waals surface area contributed by atoms with Crippen LogP contribution in [-0.2, 0) is 6.54 Å². The number of aromatic nitrogens is 6. The molecule has 1 aliphatic heterocycles. The zero-order chi connectivity index (χ0) is 19.0. The highest BCUT2D eigenvalue weighted by Crippen LogP contribution is 2.27. The average Bonchev–Trinajstić information content (AvgIpc) is 3.24. The van der Waals surface area contributed by atoms with Crippen LogP contribution in [0.2, 0.25) is 0 Å². The Hall–Kier alpha value is -2.75. The van der Waals surface area contributed by atoms with E-state index in [9.17, 15) is 8.78 Å². The minimum atomic E-state index is -2.79. The van der Waals surface area contributed by atoms with Gasteiger partial charge >= 0.3 is 6.43 Å². The maximum absolute atomic E-state index is 12.5. The van der Waals surface area contributed by atoms with Crippen molar-refractivity contribution >= 4 is 0 Å². The van der Waals surface area contributed by atoms with E-state index in [0.717, 1.165) is 24.5 Å². The van der Waals surface area contributed by atoms with Crippen molar-refractivity contribution in [2.45, 2.75) is 38.8 Å². The van der Waals surface area contributed by atoms with Gasteiger partial charge in [0.25, 0.3) is 5.89 Å². The molecule has 0 N–H and O–H groups in total. The summed E-state index contributed by atoms with van der Waals surface area (Å²) in [6.45, 7) is 6.86. The van der Waals surface area contributed by atoms with E-state index in [1.807, 2.05) is 6.20 Å². The summed E-state index contributed by atoms with van der Waals surface area (Å²) < 4.78 is 31.7. The fraction of sp³-hybridized carbons (Fsp3) is 0.471. The van der Waals surface area contributed by atoms with Gasteiger partial charge in [-0.15, -0.1) is 15.3 Å². The first-order valence-electron chi connectivity index (χ1n) is 8.70. The molecule has 0 atom stereocenters. The van der Waals surface area contributed by atoms with Gasteiger partial charge in [0.05, 0.1) is 23.5 Å². The van der Waals surface area contributed by atoms with E-state index < -0.39 is 12.3 Å². The molecule has 0 radical (unpaired) electrons. The Morgan fingerprint density at radius 3 is 2.63 bits per heavy atom. The monoisotopic (exact) mass is 375 g/mol. The fourth-order valence-electron chi connectivity index (χ4n) is 2.95. The largest absolute Gasteiger partial charge is 0.415 e. The second kappa shape index (κ2) is 7.10. The van der Waals surface area contributed by atoms with Crippen LogP contribution in [0.15, 0.2) is 28.9 Å². The average molecular weight is 375 g/mol. The third kappa shape index (κ3) is 3.70. The first-order chi connectivity index (χ1) is 13.0. The van der Waals surface area contributed by atoms with Gasteiger partial charge in [-0.25, -0.2) is 4.68 Å². The molecule has 0 unspecified atom stereocenters. The summed E-state index contributed by atoms with van der Waals surface area (Å²) >= 11 is 0. The summed E-state index contributed by atoms with van der Waals surface area (Å²) in [6.07, 6.45) is 0.677. The van der Waals surface area contributed by atoms with E-state index in [1.165, 1.54) is 6.20 Å². The van der Waals surface area contributed by atoms with Crippen LogP contribution in [0.1, 0.15) is 43.5 Å².